The number of halogens is 1. The fourth-order valence-electron chi connectivity index (χ4n) is 2.55. The number of urea groups is 1. The van der Waals surface area contributed by atoms with Crippen LogP contribution in [0.4, 0.5) is 9.18 Å². The second-order valence-corrected chi connectivity index (χ2v) is 7.22. The van der Waals surface area contributed by atoms with Gasteiger partial charge >= 0.3 is 6.03 Å². The minimum absolute atomic E-state index is 0.0275. The highest BCUT2D eigenvalue weighted by atomic mass is 32.1. The topological polar surface area (TPSA) is 74.2 Å². The average Bonchev–Trinajstić information content (AvgIpc) is 3.25. The van der Waals surface area contributed by atoms with Crippen LogP contribution in [0.5, 0.6) is 0 Å². The minimum Gasteiger partial charge on any atom is -0.384 e. The summed E-state index contributed by atoms with van der Waals surface area (Å²) in [5.41, 5.74) is -0.732. The third kappa shape index (κ3) is 4.10. The van der Waals surface area contributed by atoms with Crippen LogP contribution in [0, 0.1) is 11.7 Å². The molecule has 0 saturated heterocycles. The summed E-state index contributed by atoms with van der Waals surface area (Å²) in [6.45, 7) is 1.61. The smallest absolute Gasteiger partial charge is 0.315 e. The van der Waals surface area contributed by atoms with Crippen molar-refractivity contribution in [2.24, 2.45) is 5.92 Å². The predicted molar refractivity (Wildman–Crippen MR) is 90.1 cm³/mol. The van der Waals surface area contributed by atoms with Gasteiger partial charge in [-0.15, -0.1) is 11.3 Å². The van der Waals surface area contributed by atoms with Crippen molar-refractivity contribution < 1.29 is 14.3 Å². The molecule has 1 aliphatic carbocycles. The molecule has 128 valence electrons. The molecule has 1 fully saturated rings. The predicted octanol–water partition coefficient (Wildman–Crippen LogP) is 2.94. The number of aliphatic hydroxyl groups is 1. The maximum Gasteiger partial charge on any atom is 0.315 e. The first-order chi connectivity index (χ1) is 11.5. The van der Waals surface area contributed by atoms with E-state index in [1.807, 2.05) is 5.38 Å². The van der Waals surface area contributed by atoms with Crippen LogP contribution in [-0.4, -0.2) is 22.7 Å². The Labute approximate surface area is 143 Å². The van der Waals surface area contributed by atoms with Crippen molar-refractivity contribution in [2.75, 3.05) is 6.54 Å². The van der Waals surface area contributed by atoms with Crippen LogP contribution in [0.25, 0.3) is 0 Å². The van der Waals surface area contributed by atoms with E-state index in [-0.39, 0.29) is 24.4 Å². The van der Waals surface area contributed by atoms with Gasteiger partial charge in [0.15, 0.2) is 0 Å². The van der Waals surface area contributed by atoms with Gasteiger partial charge in [0.2, 0.25) is 0 Å². The van der Waals surface area contributed by atoms with Gasteiger partial charge in [0.1, 0.15) is 16.4 Å². The summed E-state index contributed by atoms with van der Waals surface area (Å²) in [5.74, 6) is 0.0653. The normalized spacial score (nSPS) is 17.8. The zero-order valence-corrected chi connectivity index (χ0v) is 14.1. The van der Waals surface area contributed by atoms with E-state index in [1.165, 1.54) is 35.6 Å². The number of benzene rings is 1. The Hall–Kier alpha value is -1.99. The van der Waals surface area contributed by atoms with Crippen LogP contribution in [0.1, 0.15) is 36.4 Å². The number of thiazole rings is 1. The van der Waals surface area contributed by atoms with Gasteiger partial charge in [-0.3, -0.25) is 0 Å². The maximum atomic E-state index is 13.0. The third-order valence-corrected chi connectivity index (χ3v) is 5.02. The van der Waals surface area contributed by atoms with Gasteiger partial charge in [0.25, 0.3) is 0 Å². The van der Waals surface area contributed by atoms with Crippen LogP contribution >= 0.6 is 11.3 Å². The molecule has 24 heavy (non-hydrogen) atoms. The molecule has 1 heterocycles. The standard InChI is InChI=1S/C17H20FN3O2S/c1-17(23,12-4-6-13(18)7-5-12)10-20-16(22)21-14(11-2-3-11)15-19-8-9-24-15/h4-9,11,14,23H,2-3,10H2,1H3,(H2,20,21,22). The first kappa shape index (κ1) is 16.9. The summed E-state index contributed by atoms with van der Waals surface area (Å²) < 4.78 is 13.0. The van der Waals surface area contributed by atoms with Gasteiger partial charge in [-0.1, -0.05) is 12.1 Å². The Kier molecular flexibility index (Phi) is 4.82. The molecule has 0 aliphatic heterocycles. The average molecular weight is 349 g/mol. The molecule has 5 nitrogen and oxygen atoms in total. The Morgan fingerprint density at radius 1 is 1.46 bits per heavy atom. The first-order valence-corrected chi connectivity index (χ1v) is 8.76. The second-order valence-electron chi connectivity index (χ2n) is 6.29. The van der Waals surface area contributed by atoms with E-state index in [1.54, 1.807) is 13.1 Å². The van der Waals surface area contributed by atoms with Crippen LogP contribution < -0.4 is 10.6 Å². The van der Waals surface area contributed by atoms with Crippen LogP contribution in [0.3, 0.4) is 0 Å². The lowest BCUT2D eigenvalue weighted by atomic mass is 9.96. The van der Waals surface area contributed by atoms with Gasteiger partial charge in [0, 0.05) is 11.6 Å². The number of carbonyl (C=O) groups excluding carboxylic acids is 1. The SMILES string of the molecule is CC(O)(CNC(=O)NC(c1nccs1)C1CC1)c1ccc(F)cc1. The number of aromatic nitrogens is 1. The molecular weight excluding hydrogens is 329 g/mol. The highest BCUT2D eigenvalue weighted by Gasteiger charge is 2.35. The lowest BCUT2D eigenvalue weighted by Gasteiger charge is -2.25. The molecule has 2 unspecified atom stereocenters. The minimum atomic E-state index is -1.28. The molecule has 2 amide bonds. The zero-order chi connectivity index (χ0) is 17.2. The van der Waals surface area contributed by atoms with E-state index in [0.29, 0.717) is 11.5 Å². The highest BCUT2D eigenvalue weighted by molar-refractivity contribution is 7.09. The molecule has 2 aromatic rings. The van der Waals surface area contributed by atoms with Crippen molar-refractivity contribution in [1.29, 1.82) is 0 Å². The number of carbonyl (C=O) groups is 1. The molecule has 3 rings (SSSR count). The third-order valence-electron chi connectivity index (χ3n) is 4.16. The lowest BCUT2D eigenvalue weighted by molar-refractivity contribution is 0.0591. The summed E-state index contributed by atoms with van der Waals surface area (Å²) >= 11 is 1.52. The summed E-state index contributed by atoms with van der Waals surface area (Å²) in [6, 6.07) is 5.17. The first-order valence-electron chi connectivity index (χ1n) is 7.88. The zero-order valence-electron chi connectivity index (χ0n) is 13.3. The molecule has 1 aliphatic rings. The number of nitrogens with zero attached hydrogens (tertiary/aromatic N) is 1. The van der Waals surface area contributed by atoms with Gasteiger partial charge < -0.3 is 15.7 Å². The Morgan fingerprint density at radius 2 is 2.17 bits per heavy atom. The Bertz CT molecular complexity index is 684. The lowest BCUT2D eigenvalue weighted by Crippen LogP contribution is -2.44. The quantitative estimate of drug-likeness (QED) is 0.751. The molecule has 7 heteroatoms. The van der Waals surface area contributed by atoms with Gasteiger partial charge in [-0.2, -0.15) is 0 Å². The van der Waals surface area contributed by atoms with Gasteiger partial charge in [-0.25, -0.2) is 14.2 Å². The van der Waals surface area contributed by atoms with E-state index in [4.69, 9.17) is 0 Å². The monoisotopic (exact) mass is 349 g/mol. The van der Waals surface area contributed by atoms with E-state index in [9.17, 15) is 14.3 Å². The molecule has 3 N–H and O–H groups in total. The van der Waals surface area contributed by atoms with Crippen molar-refractivity contribution in [3.8, 4) is 0 Å². The number of rotatable bonds is 6. The summed E-state index contributed by atoms with van der Waals surface area (Å²) in [4.78, 5) is 16.5. The molecule has 2 atom stereocenters. The maximum absolute atomic E-state index is 13.0. The molecule has 1 saturated carbocycles. The Morgan fingerprint density at radius 3 is 2.75 bits per heavy atom. The molecule has 0 radical (unpaired) electrons. The van der Waals surface area contributed by atoms with Gasteiger partial charge in [-0.05, 0) is 43.4 Å². The second kappa shape index (κ2) is 6.86. The number of hydrogen-bond donors (Lipinski definition) is 3. The summed E-state index contributed by atoms with van der Waals surface area (Å²) in [5, 5.41) is 18.9. The molecule has 1 aromatic carbocycles. The molecule has 1 aromatic heterocycles. The fraction of sp³-hybridized carbons (Fsp3) is 0.412. The van der Waals surface area contributed by atoms with Crippen molar-refractivity contribution in [2.45, 2.75) is 31.4 Å². The van der Waals surface area contributed by atoms with Crippen molar-refractivity contribution >= 4 is 17.4 Å². The van der Waals surface area contributed by atoms with Crippen LogP contribution in [0.2, 0.25) is 0 Å². The Balaban J connectivity index is 1.57. The number of nitrogens with one attached hydrogen (secondary N) is 2. The molecular formula is C17H20FN3O2S. The fourth-order valence-corrected chi connectivity index (χ4v) is 3.34. The van der Waals surface area contributed by atoms with Gasteiger partial charge in [0.05, 0.1) is 12.6 Å². The van der Waals surface area contributed by atoms with Crippen LogP contribution in [-0.2, 0) is 5.60 Å². The van der Waals surface area contributed by atoms with Crippen molar-refractivity contribution in [3.05, 3.63) is 52.2 Å². The number of amides is 2. The van der Waals surface area contributed by atoms with E-state index < -0.39 is 5.60 Å². The molecule has 0 bridgehead atoms. The molecule has 0 spiro atoms. The summed E-state index contributed by atoms with van der Waals surface area (Å²) in [7, 11) is 0. The van der Waals surface area contributed by atoms with Crippen molar-refractivity contribution in [3.63, 3.8) is 0 Å². The van der Waals surface area contributed by atoms with Crippen molar-refractivity contribution in [1.82, 2.24) is 15.6 Å². The van der Waals surface area contributed by atoms with E-state index in [2.05, 4.69) is 15.6 Å². The summed E-state index contributed by atoms with van der Waals surface area (Å²) in [6.07, 6.45) is 3.89. The number of hydrogen-bond acceptors (Lipinski definition) is 4. The largest absolute Gasteiger partial charge is 0.384 e. The van der Waals surface area contributed by atoms with Crippen LogP contribution in [0.15, 0.2) is 35.8 Å². The van der Waals surface area contributed by atoms with E-state index in [0.717, 1.165) is 17.8 Å². The highest BCUT2D eigenvalue weighted by Crippen LogP contribution is 2.41. The van der Waals surface area contributed by atoms with E-state index >= 15 is 0 Å².